The predicted molar refractivity (Wildman–Crippen MR) is 35.4 cm³/mol. The molecule has 4 nitrogen and oxygen atoms in total. The monoisotopic (exact) mass is 239 g/mol. The third-order valence-corrected chi connectivity index (χ3v) is 1.39. The Morgan fingerprint density at radius 3 is 1.82 bits per heavy atom. The van der Waals surface area contributed by atoms with E-state index in [1.807, 2.05) is 0 Å². The summed E-state index contributed by atoms with van der Waals surface area (Å²) in [6, 6.07) is 0. The van der Waals surface area contributed by atoms with Crippen LogP contribution in [0.2, 0.25) is 0 Å². The Hall–Kier alpha value is 0.944. The van der Waals surface area contributed by atoms with E-state index in [9.17, 15) is 0 Å². The van der Waals surface area contributed by atoms with Gasteiger partial charge in [0.2, 0.25) is 0 Å². The second-order valence-electron chi connectivity index (χ2n) is 2.22. The summed E-state index contributed by atoms with van der Waals surface area (Å²) < 4.78 is 0. The summed E-state index contributed by atoms with van der Waals surface area (Å²) >= 11 is 0. The molecule has 4 N–H and O–H groups in total. The molecule has 3 atom stereocenters. The molecule has 0 saturated heterocycles. The fraction of sp³-hybridized carbons (Fsp3) is 1.00. The van der Waals surface area contributed by atoms with Crippen molar-refractivity contribution in [3.05, 3.63) is 0 Å². The van der Waals surface area contributed by atoms with E-state index < -0.39 is 24.9 Å². The van der Waals surface area contributed by atoms with Crippen molar-refractivity contribution in [3.63, 3.8) is 0 Å². The molecule has 0 aromatic rings. The van der Waals surface area contributed by atoms with Crippen LogP contribution < -0.4 is 0 Å². The predicted octanol–water partition coefficient (Wildman–Crippen LogP) is -1.53. The summed E-state index contributed by atoms with van der Waals surface area (Å²) in [5, 5.41) is 34.9. The van der Waals surface area contributed by atoms with Gasteiger partial charge in [-0.05, 0) is 6.42 Å². The van der Waals surface area contributed by atoms with Gasteiger partial charge < -0.3 is 20.4 Å². The Morgan fingerprint density at radius 2 is 1.55 bits per heavy atom. The summed E-state index contributed by atoms with van der Waals surface area (Å²) in [6.45, 7) is 1.15. The molecule has 11 heavy (non-hydrogen) atoms. The largest absolute Gasteiger partial charge is 0.394 e. The van der Waals surface area contributed by atoms with Gasteiger partial charge in [0.1, 0.15) is 12.2 Å². The van der Waals surface area contributed by atoms with Gasteiger partial charge in [0.05, 0.1) is 12.7 Å². The van der Waals surface area contributed by atoms with Gasteiger partial charge in [-0.25, -0.2) is 0 Å². The van der Waals surface area contributed by atoms with E-state index in [0.29, 0.717) is 6.42 Å². The molecule has 0 rings (SSSR count). The minimum Gasteiger partial charge on any atom is -0.394 e. The molecule has 0 aromatic carbocycles. The third kappa shape index (κ3) is 5.23. The third-order valence-electron chi connectivity index (χ3n) is 1.39. The van der Waals surface area contributed by atoms with Crippen molar-refractivity contribution in [1.29, 1.82) is 0 Å². The Balaban J connectivity index is 0. The maximum atomic E-state index is 8.93. The van der Waals surface area contributed by atoms with Gasteiger partial charge in [-0.1, -0.05) is 6.92 Å². The van der Waals surface area contributed by atoms with E-state index >= 15 is 0 Å². The van der Waals surface area contributed by atoms with Crippen LogP contribution in [0.5, 0.6) is 0 Å². The molecule has 0 aliphatic rings. The smallest absolute Gasteiger partial charge is 0.108 e. The summed E-state index contributed by atoms with van der Waals surface area (Å²) in [7, 11) is 0. The zero-order valence-corrected chi connectivity index (χ0v) is 9.35. The van der Waals surface area contributed by atoms with Crippen molar-refractivity contribution in [1.82, 2.24) is 0 Å². The number of aliphatic hydroxyl groups is 4. The van der Waals surface area contributed by atoms with Crippen LogP contribution in [0.15, 0.2) is 0 Å². The maximum Gasteiger partial charge on any atom is 0.108 e. The van der Waals surface area contributed by atoms with Crippen molar-refractivity contribution in [3.8, 4) is 0 Å². The molecule has 65 valence electrons. The van der Waals surface area contributed by atoms with Gasteiger partial charge in [-0.3, -0.25) is 0 Å². The quantitative estimate of drug-likeness (QED) is 0.479. The normalized spacial score (nSPS) is 18.3. The summed E-state index contributed by atoms with van der Waals surface area (Å²) in [4.78, 5) is 0. The first kappa shape index (κ1) is 14.5. The first-order valence-electron chi connectivity index (χ1n) is 3.28. The van der Waals surface area contributed by atoms with E-state index in [0.717, 1.165) is 0 Å². The molecule has 1 radical (unpaired) electrons. The molecule has 0 fully saturated rings. The SMILES string of the molecule is CC[C@H](O)[C@@H](O)[C@@H](O)CO.[Y]. The molecule has 0 unspecified atom stereocenters. The molecule has 0 amide bonds. The molecule has 0 bridgehead atoms. The van der Waals surface area contributed by atoms with Gasteiger partial charge in [0.15, 0.2) is 0 Å². The van der Waals surface area contributed by atoms with Crippen molar-refractivity contribution in [2.45, 2.75) is 31.7 Å². The second-order valence-corrected chi connectivity index (χ2v) is 2.22. The molecule has 0 aliphatic heterocycles. The zero-order valence-electron chi connectivity index (χ0n) is 6.51. The Morgan fingerprint density at radius 1 is 1.09 bits per heavy atom. The topological polar surface area (TPSA) is 80.9 Å². The fourth-order valence-electron chi connectivity index (χ4n) is 0.606. The van der Waals surface area contributed by atoms with Crippen LogP contribution in [0.4, 0.5) is 0 Å². The molecule has 0 heterocycles. The van der Waals surface area contributed by atoms with Crippen molar-refractivity contribution < 1.29 is 53.1 Å². The van der Waals surface area contributed by atoms with E-state index in [-0.39, 0.29) is 32.7 Å². The van der Waals surface area contributed by atoms with Crippen molar-refractivity contribution >= 4 is 0 Å². The molecular formula is C6H14O4Y. The number of aliphatic hydroxyl groups excluding tert-OH is 4. The van der Waals surface area contributed by atoms with E-state index in [1.54, 1.807) is 6.92 Å². The molecule has 0 aliphatic carbocycles. The van der Waals surface area contributed by atoms with Crippen LogP contribution in [0.3, 0.4) is 0 Å². The zero-order chi connectivity index (χ0) is 8.15. The van der Waals surface area contributed by atoms with Crippen molar-refractivity contribution in [2.24, 2.45) is 0 Å². The first-order chi connectivity index (χ1) is 4.63. The number of rotatable bonds is 4. The van der Waals surface area contributed by atoms with Gasteiger partial charge in [-0.2, -0.15) is 0 Å². The first-order valence-corrected chi connectivity index (χ1v) is 3.28. The van der Waals surface area contributed by atoms with Gasteiger partial charge in [0.25, 0.3) is 0 Å². The van der Waals surface area contributed by atoms with Gasteiger partial charge in [-0.15, -0.1) is 0 Å². The Bertz CT molecular complexity index is 80.7. The van der Waals surface area contributed by atoms with Crippen LogP contribution in [-0.2, 0) is 32.7 Å². The molecule has 0 aromatic heterocycles. The average Bonchev–Trinajstić information content (AvgIpc) is 2.00. The van der Waals surface area contributed by atoms with Crippen LogP contribution >= 0.6 is 0 Å². The molecule has 0 saturated carbocycles. The minimum atomic E-state index is -1.24. The van der Waals surface area contributed by atoms with E-state index in [4.69, 9.17) is 20.4 Å². The molecular weight excluding hydrogens is 225 g/mol. The molecule has 5 heteroatoms. The standard InChI is InChI=1S/C6H14O4.Y/c1-2-4(8)6(10)5(9)3-7;/h4-10H,2-3H2,1H3;/t4-,5-,6+;/m0./s1. The summed E-state index contributed by atoms with van der Waals surface area (Å²) in [5.74, 6) is 0. The van der Waals surface area contributed by atoms with Crippen molar-refractivity contribution in [2.75, 3.05) is 6.61 Å². The van der Waals surface area contributed by atoms with Crippen LogP contribution in [0, 0.1) is 0 Å². The summed E-state index contributed by atoms with van der Waals surface area (Å²) in [6.07, 6.45) is -3.08. The van der Waals surface area contributed by atoms with E-state index in [1.165, 1.54) is 0 Å². The van der Waals surface area contributed by atoms with E-state index in [2.05, 4.69) is 0 Å². The van der Waals surface area contributed by atoms with Crippen LogP contribution in [-0.4, -0.2) is 45.3 Å². The molecule has 0 spiro atoms. The Kier molecular flexibility index (Phi) is 9.98. The van der Waals surface area contributed by atoms with Crippen LogP contribution in [0.25, 0.3) is 0 Å². The number of hydrogen-bond acceptors (Lipinski definition) is 4. The number of hydrogen-bond donors (Lipinski definition) is 4. The average molecular weight is 239 g/mol. The maximum absolute atomic E-state index is 8.93. The summed E-state index contributed by atoms with van der Waals surface area (Å²) in [5.41, 5.74) is 0. The van der Waals surface area contributed by atoms with Gasteiger partial charge >= 0.3 is 0 Å². The fourth-order valence-corrected chi connectivity index (χ4v) is 0.606. The van der Waals surface area contributed by atoms with Gasteiger partial charge in [0, 0.05) is 32.7 Å². The van der Waals surface area contributed by atoms with Crippen LogP contribution in [0.1, 0.15) is 13.3 Å². The Labute approximate surface area is 91.1 Å². The second kappa shape index (κ2) is 7.59. The minimum absolute atomic E-state index is 0.